The summed E-state index contributed by atoms with van der Waals surface area (Å²) in [4.78, 5) is 15.3. The molecule has 1 saturated heterocycles. The van der Waals surface area contributed by atoms with Gasteiger partial charge in [-0.05, 0) is 50.6 Å². The summed E-state index contributed by atoms with van der Waals surface area (Å²) >= 11 is 0. The van der Waals surface area contributed by atoms with Gasteiger partial charge in [-0.3, -0.25) is 9.48 Å². The predicted molar refractivity (Wildman–Crippen MR) is 96.5 cm³/mol. The topological polar surface area (TPSA) is 74.0 Å². The molecule has 2 aromatic rings. The summed E-state index contributed by atoms with van der Waals surface area (Å²) in [7, 11) is 1.95. The van der Waals surface area contributed by atoms with Gasteiger partial charge in [0.05, 0.1) is 23.4 Å². The third-order valence-electron chi connectivity index (χ3n) is 5.09. The molecule has 0 atom stereocenters. The maximum absolute atomic E-state index is 13.2. The number of amides is 1. The normalized spacial score (nSPS) is 17.1. The van der Waals surface area contributed by atoms with E-state index in [4.69, 9.17) is 5.26 Å². The summed E-state index contributed by atoms with van der Waals surface area (Å²) in [5.74, 6) is -0.415. The lowest BCUT2D eigenvalue weighted by atomic mass is 9.86. The fourth-order valence-corrected chi connectivity index (χ4v) is 3.40. The first-order valence-corrected chi connectivity index (χ1v) is 8.79. The second kappa shape index (κ2) is 7.28. The van der Waals surface area contributed by atoms with Crippen molar-refractivity contribution in [2.75, 3.05) is 25.5 Å². The van der Waals surface area contributed by atoms with Crippen molar-refractivity contribution in [1.82, 2.24) is 14.7 Å². The summed E-state index contributed by atoms with van der Waals surface area (Å²) in [5.41, 5.74) is -1.64. The van der Waals surface area contributed by atoms with Crippen molar-refractivity contribution in [2.24, 2.45) is 0 Å². The Morgan fingerprint density at radius 2 is 2.00 bits per heavy atom. The number of anilines is 1. The van der Waals surface area contributed by atoms with E-state index in [0.29, 0.717) is 25.9 Å². The lowest BCUT2D eigenvalue weighted by Gasteiger charge is -2.39. The van der Waals surface area contributed by atoms with Crippen LogP contribution in [-0.2, 0) is 16.5 Å². The standard InChI is InChI=1S/C19H20F3N5O/c1-13-11-24-27(12-13)18(5-7-26(2)8-6-18)17(28)25-15-4-3-14(10-23)16(9-15)19(20,21)22/h3-4,9,11-12H,5-8H2,1-2H3,(H,25,28). The van der Waals surface area contributed by atoms with Gasteiger partial charge in [0.25, 0.3) is 5.91 Å². The molecule has 0 unspecified atom stereocenters. The molecule has 1 aromatic heterocycles. The minimum atomic E-state index is -4.68. The molecule has 2 heterocycles. The summed E-state index contributed by atoms with van der Waals surface area (Å²) < 4.78 is 41.2. The highest BCUT2D eigenvalue weighted by Crippen LogP contribution is 2.35. The van der Waals surface area contributed by atoms with Crippen molar-refractivity contribution in [3.05, 3.63) is 47.3 Å². The van der Waals surface area contributed by atoms with Crippen LogP contribution in [0.5, 0.6) is 0 Å². The summed E-state index contributed by atoms with van der Waals surface area (Å²) in [6, 6.07) is 4.71. The number of halogens is 3. The first-order chi connectivity index (χ1) is 13.2. The predicted octanol–water partition coefficient (Wildman–Crippen LogP) is 3.14. The Balaban J connectivity index is 1.94. The van der Waals surface area contributed by atoms with Gasteiger partial charge in [0.1, 0.15) is 5.54 Å². The maximum atomic E-state index is 13.2. The summed E-state index contributed by atoms with van der Waals surface area (Å²) in [6.07, 6.45) is -0.296. The molecule has 148 valence electrons. The van der Waals surface area contributed by atoms with Crippen LogP contribution >= 0.6 is 0 Å². The minimum Gasteiger partial charge on any atom is -0.324 e. The van der Waals surface area contributed by atoms with Gasteiger partial charge >= 0.3 is 6.18 Å². The average Bonchev–Trinajstić information content (AvgIpc) is 3.08. The molecule has 0 aliphatic carbocycles. The maximum Gasteiger partial charge on any atom is 0.417 e. The zero-order valence-electron chi connectivity index (χ0n) is 15.5. The van der Waals surface area contributed by atoms with E-state index < -0.39 is 28.7 Å². The molecule has 6 nitrogen and oxygen atoms in total. The molecular weight excluding hydrogens is 371 g/mol. The van der Waals surface area contributed by atoms with Gasteiger partial charge in [0, 0.05) is 25.0 Å². The van der Waals surface area contributed by atoms with Gasteiger partial charge < -0.3 is 10.2 Å². The smallest absolute Gasteiger partial charge is 0.324 e. The minimum absolute atomic E-state index is 0.00138. The second-order valence-corrected chi connectivity index (χ2v) is 7.12. The molecule has 0 bridgehead atoms. The number of hydrogen-bond acceptors (Lipinski definition) is 4. The van der Waals surface area contributed by atoms with E-state index in [9.17, 15) is 18.0 Å². The van der Waals surface area contributed by atoms with Crippen LogP contribution < -0.4 is 5.32 Å². The number of aryl methyl sites for hydroxylation is 1. The molecule has 1 aromatic carbocycles. The molecule has 9 heteroatoms. The Labute approximate surface area is 160 Å². The van der Waals surface area contributed by atoms with Crippen molar-refractivity contribution < 1.29 is 18.0 Å². The third-order valence-corrected chi connectivity index (χ3v) is 5.09. The largest absolute Gasteiger partial charge is 0.417 e. The molecule has 3 rings (SSSR count). The number of carbonyl (C=O) groups is 1. The van der Waals surface area contributed by atoms with Gasteiger partial charge in [0.15, 0.2) is 0 Å². The number of nitrogens with one attached hydrogen (secondary N) is 1. The number of carbonyl (C=O) groups excluding carboxylic acids is 1. The molecule has 0 spiro atoms. The number of hydrogen-bond donors (Lipinski definition) is 1. The Kier molecular flexibility index (Phi) is 5.17. The molecular formula is C19H20F3N5O. The van der Waals surface area contributed by atoms with Gasteiger partial charge in [-0.25, -0.2) is 0 Å². The zero-order valence-corrected chi connectivity index (χ0v) is 15.5. The molecule has 28 heavy (non-hydrogen) atoms. The van der Waals surface area contributed by atoms with Crippen LogP contribution in [0.1, 0.15) is 29.5 Å². The molecule has 1 aliphatic rings. The summed E-state index contributed by atoms with van der Waals surface area (Å²) in [6.45, 7) is 3.18. The number of likely N-dealkylation sites (tertiary alicyclic amines) is 1. The van der Waals surface area contributed by atoms with Crippen molar-refractivity contribution in [3.63, 3.8) is 0 Å². The Hall–Kier alpha value is -2.86. The molecule has 0 radical (unpaired) electrons. The van der Waals surface area contributed by atoms with Crippen LogP contribution in [0.3, 0.4) is 0 Å². The van der Waals surface area contributed by atoms with Crippen molar-refractivity contribution in [3.8, 4) is 6.07 Å². The number of rotatable bonds is 3. The van der Waals surface area contributed by atoms with Gasteiger partial charge in [-0.2, -0.15) is 23.5 Å². The highest BCUT2D eigenvalue weighted by atomic mass is 19.4. The lowest BCUT2D eigenvalue weighted by molar-refractivity contribution is -0.137. The molecule has 1 N–H and O–H groups in total. The van der Waals surface area contributed by atoms with Crippen LogP contribution in [0.25, 0.3) is 0 Å². The first kappa shape index (κ1) is 19.9. The van der Waals surface area contributed by atoms with Crippen LogP contribution in [0.4, 0.5) is 18.9 Å². The Morgan fingerprint density at radius 3 is 2.54 bits per heavy atom. The number of aromatic nitrogens is 2. The van der Waals surface area contributed by atoms with E-state index >= 15 is 0 Å². The first-order valence-electron chi connectivity index (χ1n) is 8.79. The SMILES string of the molecule is Cc1cnn(C2(C(=O)Nc3ccc(C#N)c(C(F)(F)F)c3)CCN(C)CC2)c1. The lowest BCUT2D eigenvalue weighted by Crippen LogP contribution is -2.52. The van der Waals surface area contributed by atoms with E-state index in [2.05, 4.69) is 15.3 Å². The van der Waals surface area contributed by atoms with Gasteiger partial charge in [-0.15, -0.1) is 0 Å². The van der Waals surface area contributed by atoms with Gasteiger partial charge in [-0.1, -0.05) is 0 Å². The number of benzene rings is 1. The second-order valence-electron chi connectivity index (χ2n) is 7.12. The van der Waals surface area contributed by atoms with Crippen LogP contribution in [0, 0.1) is 18.3 Å². The van der Waals surface area contributed by atoms with E-state index in [-0.39, 0.29) is 5.69 Å². The third kappa shape index (κ3) is 3.73. The van der Waals surface area contributed by atoms with E-state index in [1.807, 2.05) is 14.0 Å². The molecule has 1 fully saturated rings. The fourth-order valence-electron chi connectivity index (χ4n) is 3.40. The molecule has 1 aliphatic heterocycles. The van der Waals surface area contributed by atoms with E-state index in [1.54, 1.807) is 17.1 Å². The number of nitriles is 1. The monoisotopic (exact) mass is 391 g/mol. The van der Waals surface area contributed by atoms with Gasteiger partial charge in [0.2, 0.25) is 0 Å². The number of piperidine rings is 1. The molecule has 0 saturated carbocycles. The number of alkyl halides is 3. The van der Waals surface area contributed by atoms with Crippen molar-refractivity contribution in [1.29, 1.82) is 5.26 Å². The molecule has 1 amide bonds. The van der Waals surface area contributed by atoms with Crippen molar-refractivity contribution >= 4 is 11.6 Å². The average molecular weight is 391 g/mol. The Bertz CT molecular complexity index is 920. The van der Waals surface area contributed by atoms with Crippen LogP contribution in [-0.4, -0.2) is 40.7 Å². The highest BCUT2D eigenvalue weighted by Gasteiger charge is 2.43. The highest BCUT2D eigenvalue weighted by molar-refractivity contribution is 5.97. The van der Waals surface area contributed by atoms with Crippen LogP contribution in [0.15, 0.2) is 30.6 Å². The summed E-state index contributed by atoms with van der Waals surface area (Å²) in [5, 5.41) is 15.8. The Morgan fingerprint density at radius 1 is 1.32 bits per heavy atom. The van der Waals surface area contributed by atoms with Crippen molar-refractivity contribution in [2.45, 2.75) is 31.5 Å². The van der Waals surface area contributed by atoms with Crippen LogP contribution in [0.2, 0.25) is 0 Å². The fraction of sp³-hybridized carbons (Fsp3) is 0.421. The van der Waals surface area contributed by atoms with E-state index in [0.717, 1.165) is 17.7 Å². The van der Waals surface area contributed by atoms with E-state index in [1.165, 1.54) is 12.1 Å². The number of nitrogens with zero attached hydrogens (tertiary/aromatic N) is 4. The quantitative estimate of drug-likeness (QED) is 0.872. The zero-order chi connectivity index (χ0) is 20.5.